The molecule has 1 saturated heterocycles. The predicted molar refractivity (Wildman–Crippen MR) is 85.3 cm³/mol. The van der Waals surface area contributed by atoms with Gasteiger partial charge >= 0.3 is 0 Å². The summed E-state index contributed by atoms with van der Waals surface area (Å²) in [6.07, 6.45) is 2.69. The fourth-order valence-electron chi connectivity index (χ4n) is 3.14. The van der Waals surface area contributed by atoms with Gasteiger partial charge in [0, 0.05) is 30.1 Å². The molecule has 1 aliphatic carbocycles. The minimum atomic E-state index is -3.22. The highest BCUT2D eigenvalue weighted by molar-refractivity contribution is 7.88. The van der Waals surface area contributed by atoms with E-state index in [0.29, 0.717) is 24.5 Å². The summed E-state index contributed by atoms with van der Waals surface area (Å²) in [5, 5.41) is 0.696. The molecule has 120 valence electrons. The number of nitrogens with zero attached hydrogens (tertiary/aromatic N) is 1. The summed E-state index contributed by atoms with van der Waals surface area (Å²) in [7, 11) is -3.22. The first-order chi connectivity index (χ1) is 10.3. The molecule has 3 atom stereocenters. The van der Waals surface area contributed by atoms with Gasteiger partial charge in [0.1, 0.15) is 0 Å². The average Bonchev–Trinajstić information content (AvgIpc) is 3.10. The zero-order valence-corrected chi connectivity index (χ0v) is 13.9. The molecule has 1 aliphatic heterocycles. The third kappa shape index (κ3) is 3.62. The zero-order chi connectivity index (χ0) is 15.9. The number of hydrogen-bond donors (Lipinski definition) is 1. The van der Waals surface area contributed by atoms with Crippen molar-refractivity contribution in [2.24, 2.45) is 5.92 Å². The first kappa shape index (κ1) is 15.8. The van der Waals surface area contributed by atoms with E-state index in [1.54, 1.807) is 4.90 Å². The molecule has 2 fully saturated rings. The quantitative estimate of drug-likeness (QED) is 0.903. The Hall–Kier alpha value is -1.11. The lowest BCUT2D eigenvalue weighted by atomic mass is 10.1. The molecule has 0 aromatic heterocycles. The van der Waals surface area contributed by atoms with E-state index in [-0.39, 0.29) is 23.8 Å². The van der Waals surface area contributed by atoms with Crippen LogP contribution in [0.15, 0.2) is 24.3 Å². The highest BCUT2D eigenvalue weighted by atomic mass is 35.5. The van der Waals surface area contributed by atoms with Gasteiger partial charge in [0.15, 0.2) is 0 Å². The van der Waals surface area contributed by atoms with E-state index in [1.807, 2.05) is 24.3 Å². The molecule has 0 radical (unpaired) electrons. The molecule has 22 heavy (non-hydrogen) atoms. The molecule has 1 amide bonds. The second-order valence-corrected chi connectivity index (χ2v) is 8.38. The van der Waals surface area contributed by atoms with Crippen molar-refractivity contribution in [1.29, 1.82) is 0 Å². The van der Waals surface area contributed by atoms with E-state index in [0.717, 1.165) is 18.2 Å². The second-order valence-electron chi connectivity index (χ2n) is 6.16. The van der Waals surface area contributed by atoms with Gasteiger partial charge in [-0.15, -0.1) is 0 Å². The molecular formula is C15H19ClN2O3S. The van der Waals surface area contributed by atoms with Gasteiger partial charge in [-0.25, -0.2) is 13.1 Å². The van der Waals surface area contributed by atoms with Crippen molar-refractivity contribution in [2.45, 2.75) is 24.8 Å². The smallest absolute Gasteiger partial charge is 0.226 e. The summed E-state index contributed by atoms with van der Waals surface area (Å²) in [5.41, 5.74) is 1.15. The fraction of sp³-hybridized carbons (Fsp3) is 0.533. The molecule has 7 heteroatoms. The summed E-state index contributed by atoms with van der Waals surface area (Å²) < 4.78 is 25.1. The van der Waals surface area contributed by atoms with Gasteiger partial charge < -0.3 is 4.90 Å². The Kier molecular flexibility index (Phi) is 4.18. The van der Waals surface area contributed by atoms with E-state index in [1.165, 1.54) is 0 Å². The Morgan fingerprint density at radius 3 is 2.64 bits per heavy atom. The van der Waals surface area contributed by atoms with Gasteiger partial charge in [-0.3, -0.25) is 4.79 Å². The highest BCUT2D eigenvalue weighted by Crippen LogP contribution is 2.48. The molecule has 0 unspecified atom stereocenters. The molecule has 1 aromatic carbocycles. The number of benzene rings is 1. The van der Waals surface area contributed by atoms with Crippen molar-refractivity contribution in [1.82, 2.24) is 9.62 Å². The Labute approximate surface area is 135 Å². The second kappa shape index (κ2) is 5.83. The van der Waals surface area contributed by atoms with Gasteiger partial charge in [-0.1, -0.05) is 23.7 Å². The van der Waals surface area contributed by atoms with E-state index in [9.17, 15) is 13.2 Å². The van der Waals surface area contributed by atoms with Crippen LogP contribution in [0.5, 0.6) is 0 Å². The Morgan fingerprint density at radius 2 is 2.00 bits per heavy atom. The average molecular weight is 343 g/mol. The maximum absolute atomic E-state index is 12.5. The number of nitrogens with one attached hydrogen (secondary N) is 1. The fourth-order valence-corrected chi connectivity index (χ4v) is 4.06. The molecule has 1 N–H and O–H groups in total. The van der Waals surface area contributed by atoms with Gasteiger partial charge in [0.2, 0.25) is 15.9 Å². The largest absolute Gasteiger partial charge is 0.341 e. The third-order valence-electron chi connectivity index (χ3n) is 4.29. The number of sulfonamides is 1. The van der Waals surface area contributed by atoms with Crippen LogP contribution in [0, 0.1) is 5.92 Å². The predicted octanol–water partition coefficient (Wildman–Crippen LogP) is 1.59. The minimum absolute atomic E-state index is 0.0261. The molecular weight excluding hydrogens is 324 g/mol. The first-order valence-electron chi connectivity index (χ1n) is 7.35. The summed E-state index contributed by atoms with van der Waals surface area (Å²) in [6.45, 7) is 1.09. The third-order valence-corrected chi connectivity index (χ3v) is 5.30. The van der Waals surface area contributed by atoms with Crippen molar-refractivity contribution in [3.05, 3.63) is 34.9 Å². The van der Waals surface area contributed by atoms with Crippen LogP contribution in [0.25, 0.3) is 0 Å². The molecule has 0 spiro atoms. The monoisotopic (exact) mass is 342 g/mol. The van der Waals surface area contributed by atoms with Crippen LogP contribution < -0.4 is 4.72 Å². The lowest BCUT2D eigenvalue weighted by Gasteiger charge is -2.17. The van der Waals surface area contributed by atoms with Crippen molar-refractivity contribution in [3.8, 4) is 0 Å². The topological polar surface area (TPSA) is 66.5 Å². The maximum Gasteiger partial charge on any atom is 0.226 e. The van der Waals surface area contributed by atoms with Crippen LogP contribution in [0.4, 0.5) is 0 Å². The summed E-state index contributed by atoms with van der Waals surface area (Å²) >= 11 is 5.88. The maximum atomic E-state index is 12.5. The van der Waals surface area contributed by atoms with Crippen LogP contribution in [-0.4, -0.2) is 44.6 Å². The molecule has 5 nitrogen and oxygen atoms in total. The van der Waals surface area contributed by atoms with Crippen LogP contribution >= 0.6 is 11.6 Å². The minimum Gasteiger partial charge on any atom is -0.341 e. The van der Waals surface area contributed by atoms with Crippen LogP contribution in [-0.2, 0) is 14.8 Å². The first-order valence-corrected chi connectivity index (χ1v) is 9.62. The number of rotatable bonds is 4. The lowest BCUT2D eigenvalue weighted by molar-refractivity contribution is -0.131. The van der Waals surface area contributed by atoms with E-state index in [4.69, 9.17) is 11.6 Å². The number of amides is 1. The number of hydrogen-bond acceptors (Lipinski definition) is 3. The van der Waals surface area contributed by atoms with Crippen LogP contribution in [0.1, 0.15) is 24.3 Å². The summed E-state index contributed by atoms with van der Waals surface area (Å²) in [5.74, 6) is 0.433. The standard InChI is InChI=1S/C15H19ClN2O3S/c1-22(20,21)17-12-6-7-18(9-12)15(19)14-8-13(14)10-2-4-11(16)5-3-10/h2-5,12-14,17H,6-9H2,1H3/t12-,13+,14+/m0/s1. The number of carbonyl (C=O) groups is 1. The Morgan fingerprint density at radius 1 is 1.32 bits per heavy atom. The highest BCUT2D eigenvalue weighted by Gasteiger charge is 2.46. The normalized spacial score (nSPS) is 27.9. The number of likely N-dealkylation sites (tertiary alicyclic amines) is 1. The van der Waals surface area contributed by atoms with Crippen LogP contribution in [0.3, 0.4) is 0 Å². The van der Waals surface area contributed by atoms with Gasteiger partial charge in [0.25, 0.3) is 0 Å². The lowest BCUT2D eigenvalue weighted by Crippen LogP contribution is -2.38. The van der Waals surface area contributed by atoms with Gasteiger partial charge in [0.05, 0.1) is 6.26 Å². The van der Waals surface area contributed by atoms with Crippen molar-refractivity contribution >= 4 is 27.5 Å². The van der Waals surface area contributed by atoms with Gasteiger partial charge in [-0.2, -0.15) is 0 Å². The summed E-state index contributed by atoms with van der Waals surface area (Å²) in [6, 6.07) is 7.47. The molecule has 1 heterocycles. The molecule has 0 bridgehead atoms. The number of halogens is 1. The Bertz CT molecular complexity index is 675. The Balaban J connectivity index is 1.57. The van der Waals surface area contributed by atoms with E-state index in [2.05, 4.69) is 4.72 Å². The van der Waals surface area contributed by atoms with Crippen LogP contribution in [0.2, 0.25) is 5.02 Å². The van der Waals surface area contributed by atoms with E-state index < -0.39 is 10.0 Å². The summed E-state index contributed by atoms with van der Waals surface area (Å²) in [4.78, 5) is 14.3. The van der Waals surface area contributed by atoms with Gasteiger partial charge in [-0.05, 0) is 36.5 Å². The molecule has 2 aliphatic rings. The molecule has 1 saturated carbocycles. The molecule has 1 aromatic rings. The SMILES string of the molecule is CS(=O)(=O)N[C@H]1CCN(C(=O)[C@@H]2C[C@@H]2c2ccc(Cl)cc2)C1. The van der Waals surface area contributed by atoms with E-state index >= 15 is 0 Å². The molecule has 3 rings (SSSR count). The number of carbonyl (C=O) groups excluding carboxylic acids is 1. The van der Waals surface area contributed by atoms with Crippen molar-refractivity contribution in [3.63, 3.8) is 0 Å². The van der Waals surface area contributed by atoms with Crippen molar-refractivity contribution in [2.75, 3.05) is 19.3 Å². The zero-order valence-electron chi connectivity index (χ0n) is 12.3. The van der Waals surface area contributed by atoms with Crippen molar-refractivity contribution < 1.29 is 13.2 Å².